The number of anilines is 1. The summed E-state index contributed by atoms with van der Waals surface area (Å²) in [5, 5.41) is 9.15. The molecule has 0 spiro atoms. The van der Waals surface area contributed by atoms with E-state index in [0.29, 0.717) is 53.6 Å². The molecule has 0 saturated carbocycles. The molecule has 0 atom stereocenters. The van der Waals surface area contributed by atoms with Crippen molar-refractivity contribution in [1.82, 2.24) is 9.55 Å². The van der Waals surface area contributed by atoms with Crippen LogP contribution in [0.25, 0.3) is 11.0 Å². The first-order chi connectivity index (χ1) is 19.2. The third kappa shape index (κ3) is 7.00. The number of hydrogen-bond acceptors (Lipinski definition) is 4. The van der Waals surface area contributed by atoms with Crippen molar-refractivity contribution < 1.29 is 13.5 Å². The Morgan fingerprint density at radius 2 is 1.75 bits per heavy atom. The molecule has 0 radical (unpaired) electrons. The van der Waals surface area contributed by atoms with Gasteiger partial charge in [0.2, 0.25) is 5.95 Å². The summed E-state index contributed by atoms with van der Waals surface area (Å²) < 4.78 is 34.9. The van der Waals surface area contributed by atoms with Crippen molar-refractivity contribution in [2.75, 3.05) is 18.0 Å². The fourth-order valence-electron chi connectivity index (χ4n) is 4.60. The Kier molecular flexibility index (Phi) is 9.80. The Bertz CT molecular complexity index is 1440. The zero-order valence-corrected chi connectivity index (χ0v) is 24.3. The molecule has 3 aromatic carbocycles. The number of aromatic nitrogens is 2. The number of nitrogens with one attached hydrogen (secondary N) is 1. The second kappa shape index (κ2) is 13.3. The van der Waals surface area contributed by atoms with Crippen molar-refractivity contribution in [3.63, 3.8) is 0 Å². The number of para-hydroxylation sites is 2. The summed E-state index contributed by atoms with van der Waals surface area (Å²) in [6.45, 7) is 7.11. The van der Waals surface area contributed by atoms with Crippen LogP contribution < -0.4 is 9.64 Å². The van der Waals surface area contributed by atoms with E-state index in [2.05, 4.69) is 25.8 Å². The van der Waals surface area contributed by atoms with E-state index in [1.807, 2.05) is 42.2 Å². The maximum absolute atomic E-state index is 13.8. The molecule has 0 amide bonds. The summed E-state index contributed by atoms with van der Waals surface area (Å²) in [7, 11) is 0. The zero-order chi connectivity index (χ0) is 28.8. The standard InChI is InChI=1S/C27H25ClF2N4O.C5H12/c1-17-15-21(9-10-22(17)25(31)18-5-4-6-19(28)16-18)35-20-11-13-33(14-12-20)27-32-23-7-2-3-8-24(23)34(27)26(29)30;1-4-5(2)3/h2-10,15-16,20,26,31H,11-14H2,1H3;5H,4H2,1-3H3. The number of fused-ring (bicyclic) bond motifs is 1. The first-order valence-corrected chi connectivity index (χ1v) is 14.2. The first-order valence-electron chi connectivity index (χ1n) is 13.8. The minimum absolute atomic E-state index is 0.0201. The molecule has 8 heteroatoms. The number of alkyl halides is 2. The van der Waals surface area contributed by atoms with Crippen LogP contribution >= 0.6 is 11.6 Å². The Labute approximate surface area is 240 Å². The minimum atomic E-state index is -2.65. The van der Waals surface area contributed by atoms with Crippen molar-refractivity contribution in [1.29, 1.82) is 5.41 Å². The molecule has 5 rings (SSSR count). The van der Waals surface area contributed by atoms with E-state index in [9.17, 15) is 8.78 Å². The van der Waals surface area contributed by atoms with E-state index >= 15 is 0 Å². The topological polar surface area (TPSA) is 54.1 Å². The number of nitrogens with zero attached hydrogens (tertiary/aromatic N) is 3. The van der Waals surface area contributed by atoms with Crippen LogP contribution in [0.4, 0.5) is 14.7 Å². The number of hydrogen-bond donors (Lipinski definition) is 1. The fraction of sp³-hybridized carbons (Fsp3) is 0.375. The van der Waals surface area contributed by atoms with Gasteiger partial charge in [0.1, 0.15) is 11.9 Å². The summed E-state index contributed by atoms with van der Waals surface area (Å²) in [6, 6.07) is 20.0. The molecule has 1 aromatic heterocycles. The van der Waals surface area contributed by atoms with Gasteiger partial charge in [-0.15, -0.1) is 0 Å². The van der Waals surface area contributed by atoms with Gasteiger partial charge in [-0.1, -0.05) is 63.1 Å². The van der Waals surface area contributed by atoms with Crippen molar-refractivity contribution >= 4 is 34.3 Å². The highest BCUT2D eigenvalue weighted by molar-refractivity contribution is 6.31. The van der Waals surface area contributed by atoms with Crippen molar-refractivity contribution in [2.45, 2.75) is 59.6 Å². The summed E-state index contributed by atoms with van der Waals surface area (Å²) in [5.74, 6) is 1.93. The molecule has 212 valence electrons. The predicted octanol–water partition coefficient (Wildman–Crippen LogP) is 8.91. The van der Waals surface area contributed by atoms with Crippen LogP contribution in [0.3, 0.4) is 0 Å². The monoisotopic (exact) mass is 566 g/mol. The van der Waals surface area contributed by atoms with Gasteiger partial charge in [-0.05, 0) is 60.9 Å². The van der Waals surface area contributed by atoms with Crippen molar-refractivity contribution in [2.24, 2.45) is 5.92 Å². The van der Waals surface area contributed by atoms with Gasteiger partial charge >= 0.3 is 6.55 Å². The Morgan fingerprint density at radius 1 is 1.05 bits per heavy atom. The molecule has 0 bridgehead atoms. The zero-order valence-electron chi connectivity index (χ0n) is 23.5. The van der Waals surface area contributed by atoms with Gasteiger partial charge in [0.05, 0.1) is 16.7 Å². The molecule has 1 aliphatic rings. The third-order valence-electron chi connectivity index (χ3n) is 7.20. The SMILES string of the molecule is CCC(C)C.Cc1cc(OC2CCN(c3nc4ccccc4n3C(F)F)CC2)ccc1C(=N)c1cccc(Cl)c1. The highest BCUT2D eigenvalue weighted by atomic mass is 35.5. The molecular weight excluding hydrogens is 530 g/mol. The summed E-state index contributed by atoms with van der Waals surface area (Å²) >= 11 is 6.08. The molecule has 4 aromatic rings. The lowest BCUT2D eigenvalue weighted by Gasteiger charge is -2.33. The molecule has 40 heavy (non-hydrogen) atoms. The molecule has 0 unspecified atom stereocenters. The van der Waals surface area contributed by atoms with Crippen molar-refractivity contribution in [3.05, 3.63) is 88.4 Å². The number of piperidine rings is 1. The van der Waals surface area contributed by atoms with E-state index in [-0.39, 0.29) is 6.10 Å². The Hall–Kier alpha value is -3.45. The average molecular weight is 567 g/mol. The van der Waals surface area contributed by atoms with Gasteiger partial charge in [-0.2, -0.15) is 8.78 Å². The number of ether oxygens (including phenoxy) is 1. The van der Waals surface area contributed by atoms with E-state index in [1.54, 1.807) is 36.4 Å². The quantitative estimate of drug-likeness (QED) is 0.227. The van der Waals surface area contributed by atoms with Gasteiger partial charge in [0, 0.05) is 42.1 Å². The fourth-order valence-corrected chi connectivity index (χ4v) is 4.79. The van der Waals surface area contributed by atoms with Crippen LogP contribution in [0.1, 0.15) is 63.3 Å². The summed E-state index contributed by atoms with van der Waals surface area (Å²) in [6.07, 6.45) is 2.69. The largest absolute Gasteiger partial charge is 0.490 e. The number of halogens is 3. The molecule has 5 nitrogen and oxygen atoms in total. The van der Waals surface area contributed by atoms with Gasteiger partial charge in [-0.25, -0.2) is 4.98 Å². The average Bonchev–Trinajstić information content (AvgIpc) is 3.33. The van der Waals surface area contributed by atoms with Crippen LogP contribution in [0, 0.1) is 18.3 Å². The number of imidazole rings is 1. The first kappa shape index (κ1) is 29.5. The molecule has 1 saturated heterocycles. The molecule has 1 fully saturated rings. The van der Waals surface area contributed by atoms with E-state index in [0.717, 1.165) is 32.9 Å². The lowest BCUT2D eigenvalue weighted by atomic mass is 9.98. The van der Waals surface area contributed by atoms with Gasteiger partial charge < -0.3 is 9.64 Å². The molecule has 0 aliphatic carbocycles. The molecule has 1 aliphatic heterocycles. The second-order valence-electron chi connectivity index (χ2n) is 10.5. The van der Waals surface area contributed by atoms with Gasteiger partial charge in [0.25, 0.3) is 0 Å². The Balaban J connectivity index is 0.000000681. The van der Waals surface area contributed by atoms with Crippen LogP contribution in [0.15, 0.2) is 66.7 Å². The summed E-state index contributed by atoms with van der Waals surface area (Å²) in [4.78, 5) is 6.38. The maximum atomic E-state index is 13.8. The summed E-state index contributed by atoms with van der Waals surface area (Å²) in [5.41, 5.74) is 3.94. The molecular formula is C32H37ClF2N4O. The van der Waals surface area contributed by atoms with Crippen molar-refractivity contribution in [3.8, 4) is 5.75 Å². The second-order valence-corrected chi connectivity index (χ2v) is 11.0. The van der Waals surface area contributed by atoms with E-state index in [4.69, 9.17) is 21.7 Å². The van der Waals surface area contributed by atoms with E-state index in [1.165, 1.54) is 6.42 Å². The smallest absolute Gasteiger partial charge is 0.321 e. The lowest BCUT2D eigenvalue weighted by molar-refractivity contribution is 0.0752. The highest BCUT2D eigenvalue weighted by Gasteiger charge is 2.27. The highest BCUT2D eigenvalue weighted by Crippen LogP contribution is 2.31. The lowest BCUT2D eigenvalue weighted by Crippen LogP contribution is -2.39. The van der Waals surface area contributed by atoms with Crippen LogP contribution in [-0.2, 0) is 0 Å². The van der Waals surface area contributed by atoms with Gasteiger partial charge in [-0.3, -0.25) is 9.98 Å². The maximum Gasteiger partial charge on any atom is 0.321 e. The van der Waals surface area contributed by atoms with Crippen LogP contribution in [-0.4, -0.2) is 34.5 Å². The number of rotatable bonds is 7. The van der Waals surface area contributed by atoms with Crippen LogP contribution in [0.2, 0.25) is 5.02 Å². The normalized spacial score (nSPS) is 14.0. The van der Waals surface area contributed by atoms with Crippen LogP contribution in [0.5, 0.6) is 5.75 Å². The molecule has 1 N–H and O–H groups in total. The number of benzene rings is 3. The van der Waals surface area contributed by atoms with E-state index < -0.39 is 6.55 Å². The third-order valence-corrected chi connectivity index (χ3v) is 7.43. The Morgan fingerprint density at radius 3 is 2.38 bits per heavy atom. The molecule has 2 heterocycles. The minimum Gasteiger partial charge on any atom is -0.490 e. The number of aryl methyl sites for hydroxylation is 1. The predicted molar refractivity (Wildman–Crippen MR) is 161 cm³/mol. The van der Waals surface area contributed by atoms with Gasteiger partial charge in [0.15, 0.2) is 0 Å².